The molecule has 11 nitrogen and oxygen atoms in total. The van der Waals surface area contributed by atoms with Crippen molar-refractivity contribution in [2.75, 3.05) is 62.7 Å². The van der Waals surface area contributed by atoms with E-state index in [0.717, 1.165) is 70.0 Å². The van der Waals surface area contributed by atoms with Crippen LogP contribution in [-0.4, -0.2) is 92.3 Å². The van der Waals surface area contributed by atoms with Gasteiger partial charge in [-0.15, -0.1) is 6.42 Å². The average molecular weight is 788 g/mol. The Balaban J connectivity index is 0.835. The molecule has 0 radical (unpaired) electrons. The van der Waals surface area contributed by atoms with E-state index in [1.54, 1.807) is 19.4 Å². The van der Waals surface area contributed by atoms with E-state index in [-0.39, 0.29) is 59.1 Å². The molecule has 2 aromatic carbocycles. The van der Waals surface area contributed by atoms with Crippen LogP contribution in [0, 0.1) is 40.9 Å². The van der Waals surface area contributed by atoms with Crippen molar-refractivity contribution in [2.45, 2.75) is 72.3 Å². The zero-order chi connectivity index (χ0) is 41.2. The number of ketones is 2. The number of anilines is 2. The lowest BCUT2D eigenvalue weighted by atomic mass is 9.44. The summed E-state index contributed by atoms with van der Waals surface area (Å²) >= 11 is 0. The van der Waals surface area contributed by atoms with Crippen molar-refractivity contribution in [3.63, 3.8) is 0 Å². The van der Waals surface area contributed by atoms with Gasteiger partial charge in [0.05, 0.1) is 12.7 Å². The molecule has 4 aliphatic rings. The van der Waals surface area contributed by atoms with Crippen LogP contribution in [0.2, 0.25) is 0 Å². The van der Waals surface area contributed by atoms with Crippen molar-refractivity contribution in [1.29, 1.82) is 0 Å². The average Bonchev–Trinajstić information content (AvgIpc) is 3.23. The maximum absolute atomic E-state index is 13.6. The van der Waals surface area contributed by atoms with Crippen LogP contribution in [0.15, 0.2) is 60.8 Å². The lowest BCUT2D eigenvalue weighted by Crippen LogP contribution is -2.66. The number of rotatable bonds is 13. The molecule has 4 fully saturated rings. The number of carbonyl (C=O) groups is 4. The van der Waals surface area contributed by atoms with E-state index in [9.17, 15) is 19.2 Å². The number of piperidine rings is 2. The quantitative estimate of drug-likeness (QED) is 0.118. The molecular formula is C47H57N5O6. The molecule has 7 rings (SSSR count). The highest BCUT2D eigenvalue weighted by Gasteiger charge is 2.63. The Morgan fingerprint density at radius 2 is 1.52 bits per heavy atom. The summed E-state index contributed by atoms with van der Waals surface area (Å²) in [4.78, 5) is 61.8. The van der Waals surface area contributed by atoms with Gasteiger partial charge >= 0.3 is 0 Å². The summed E-state index contributed by atoms with van der Waals surface area (Å²) in [6.07, 6.45) is 10.6. The number of pyridine rings is 1. The van der Waals surface area contributed by atoms with Crippen molar-refractivity contribution >= 4 is 34.9 Å². The smallest absolute Gasteiger partial charge is 0.230 e. The molecule has 306 valence electrons. The van der Waals surface area contributed by atoms with Crippen LogP contribution in [0.4, 0.5) is 11.5 Å². The number of methoxy groups -OCH3 is 1. The molecular weight excluding hydrogens is 731 g/mol. The Labute approximate surface area is 342 Å². The summed E-state index contributed by atoms with van der Waals surface area (Å²) in [5.74, 6) is 4.57. The number of aromatic nitrogens is 1. The molecule has 58 heavy (non-hydrogen) atoms. The van der Waals surface area contributed by atoms with E-state index in [2.05, 4.69) is 70.7 Å². The van der Waals surface area contributed by atoms with Crippen LogP contribution in [-0.2, 0) is 9.59 Å². The fourth-order valence-corrected chi connectivity index (χ4v) is 10.1. The maximum atomic E-state index is 13.6. The number of imide groups is 1. The van der Waals surface area contributed by atoms with Gasteiger partial charge in [0, 0.05) is 111 Å². The number of hydrogen-bond acceptors (Lipinski definition) is 10. The monoisotopic (exact) mass is 787 g/mol. The maximum Gasteiger partial charge on any atom is 0.230 e. The topological polar surface area (TPSA) is 121 Å². The minimum atomic E-state index is -0.466. The van der Waals surface area contributed by atoms with E-state index in [1.807, 2.05) is 36.4 Å². The number of terminal acetylenes is 1. The predicted octanol–water partition coefficient (Wildman–Crippen LogP) is 6.44. The third kappa shape index (κ3) is 8.63. The highest BCUT2D eigenvalue weighted by Crippen LogP contribution is 2.62. The third-order valence-electron chi connectivity index (χ3n) is 13.4. The van der Waals surface area contributed by atoms with Gasteiger partial charge < -0.3 is 19.3 Å². The molecule has 11 heteroatoms. The van der Waals surface area contributed by atoms with E-state index in [0.29, 0.717) is 41.4 Å². The highest BCUT2D eigenvalue weighted by atomic mass is 16.5. The van der Waals surface area contributed by atoms with E-state index in [4.69, 9.17) is 15.9 Å². The Kier molecular flexibility index (Phi) is 12.0. The Hall–Kier alpha value is -5.21. The Morgan fingerprint density at radius 3 is 2.14 bits per heavy atom. The van der Waals surface area contributed by atoms with Gasteiger partial charge in [0.1, 0.15) is 23.4 Å². The van der Waals surface area contributed by atoms with Crippen molar-refractivity contribution < 1.29 is 28.7 Å². The molecule has 4 heterocycles. The molecule has 1 saturated carbocycles. The second-order valence-electron chi connectivity index (χ2n) is 17.8. The lowest BCUT2D eigenvalue weighted by molar-refractivity contribution is -0.196. The number of nitrogens with zero attached hydrogens (tertiary/aromatic N) is 4. The van der Waals surface area contributed by atoms with E-state index in [1.165, 1.54) is 5.69 Å². The van der Waals surface area contributed by atoms with Crippen LogP contribution in [0.3, 0.4) is 0 Å². The first-order chi connectivity index (χ1) is 27.8. The first-order valence-electron chi connectivity index (χ1n) is 20.8. The van der Waals surface area contributed by atoms with Crippen LogP contribution < -0.4 is 24.6 Å². The summed E-state index contributed by atoms with van der Waals surface area (Å²) in [6.45, 7) is 15.5. The van der Waals surface area contributed by atoms with Gasteiger partial charge in [0.2, 0.25) is 11.8 Å². The second kappa shape index (κ2) is 16.9. The number of ether oxygens (including phenoxy) is 2. The molecule has 1 aliphatic carbocycles. The highest BCUT2D eigenvalue weighted by molar-refractivity contribution is 6.03. The van der Waals surface area contributed by atoms with Gasteiger partial charge in [0.25, 0.3) is 0 Å². The summed E-state index contributed by atoms with van der Waals surface area (Å²) in [5, 5.41) is 2.32. The molecule has 0 bridgehead atoms. The zero-order valence-corrected chi connectivity index (χ0v) is 34.6. The van der Waals surface area contributed by atoms with Crippen molar-refractivity contribution in [2.24, 2.45) is 28.6 Å². The summed E-state index contributed by atoms with van der Waals surface area (Å²) in [6, 6.07) is 17.5. The van der Waals surface area contributed by atoms with Crippen LogP contribution >= 0.6 is 0 Å². The van der Waals surface area contributed by atoms with Crippen molar-refractivity contribution in [3.05, 3.63) is 77.5 Å². The Bertz CT molecular complexity index is 2020. The van der Waals surface area contributed by atoms with Gasteiger partial charge in [-0.25, -0.2) is 4.98 Å². The first kappa shape index (κ1) is 41.0. The molecule has 1 N–H and O–H groups in total. The second-order valence-corrected chi connectivity index (χ2v) is 17.8. The summed E-state index contributed by atoms with van der Waals surface area (Å²) < 4.78 is 12.0. The first-order valence-corrected chi connectivity index (χ1v) is 20.8. The van der Waals surface area contributed by atoms with Crippen LogP contribution in [0.25, 0.3) is 0 Å². The van der Waals surface area contributed by atoms with E-state index >= 15 is 0 Å². The normalized spacial score (nSPS) is 23.3. The molecule has 1 atom stereocenters. The van der Waals surface area contributed by atoms with Gasteiger partial charge in [0.15, 0.2) is 11.6 Å². The standard InChI is InChI=1S/C47H57N5O6/c1-7-32-10-15-37(27-40(32)57-6)58-45-46(2,3)41(47(45,4)5)28-39(54)33-8-13-36(14-9-33)51-20-18-31(19-21-51)30-50-22-24-52(25-23-50)42-16-11-35(29-48-42)38(53)26-34-12-17-43(55)49-44(34)56/h1,8-11,13-16,27,29,31,34,41,45H,12,17-26,28,30H2,2-6H3,(H,49,55,56)/t34-,41?,45?/m1/s1. The number of benzene rings is 2. The number of hydrogen-bond donors (Lipinski definition) is 1. The van der Waals surface area contributed by atoms with Crippen LogP contribution in [0.1, 0.15) is 92.5 Å². The fraction of sp³-hybridized carbons (Fsp3) is 0.511. The fourth-order valence-electron chi connectivity index (χ4n) is 10.1. The minimum Gasteiger partial charge on any atom is -0.495 e. The largest absolute Gasteiger partial charge is 0.495 e. The predicted molar refractivity (Wildman–Crippen MR) is 224 cm³/mol. The Morgan fingerprint density at radius 1 is 0.845 bits per heavy atom. The molecule has 1 aromatic heterocycles. The zero-order valence-electron chi connectivity index (χ0n) is 34.6. The van der Waals surface area contributed by atoms with Gasteiger partial charge in [-0.05, 0) is 79.6 Å². The molecule has 0 spiro atoms. The minimum absolute atomic E-state index is 0.0732. The number of amides is 2. The molecule has 2 amide bonds. The van der Waals surface area contributed by atoms with Crippen molar-refractivity contribution in [1.82, 2.24) is 15.2 Å². The van der Waals surface area contributed by atoms with Gasteiger partial charge in [-0.3, -0.25) is 29.4 Å². The molecule has 3 aromatic rings. The number of nitrogens with one attached hydrogen (secondary N) is 1. The van der Waals surface area contributed by atoms with Crippen LogP contribution in [0.5, 0.6) is 11.5 Å². The summed E-state index contributed by atoms with van der Waals surface area (Å²) in [5.41, 5.74) is 2.70. The van der Waals surface area contributed by atoms with Crippen molar-refractivity contribution in [3.8, 4) is 23.8 Å². The van der Waals surface area contributed by atoms with E-state index < -0.39 is 5.92 Å². The number of Topliss-reactive ketones (excluding diaryl/α,β-unsaturated/α-hetero) is 2. The third-order valence-corrected chi connectivity index (χ3v) is 13.4. The SMILES string of the molecule is C#Cc1ccc(OC2C(C)(C)C(CC(=O)c3ccc(N4CCC(CN5CCN(c6ccc(C(=O)C[C@H]7CCC(=O)NC7=O)cn6)CC5)CC4)cc3)C2(C)C)cc1OC. The molecule has 3 aliphatic heterocycles. The molecule has 0 unspecified atom stereocenters. The van der Waals surface area contributed by atoms with Gasteiger partial charge in [-0.1, -0.05) is 33.6 Å². The number of carbonyl (C=O) groups excluding carboxylic acids is 4. The summed E-state index contributed by atoms with van der Waals surface area (Å²) in [7, 11) is 1.60. The van der Waals surface area contributed by atoms with Gasteiger partial charge in [-0.2, -0.15) is 0 Å². The molecule has 3 saturated heterocycles. The number of piperazine rings is 1. The lowest BCUT2D eigenvalue weighted by Gasteiger charge is -2.63.